The molecule has 6 rings (SSSR count). The number of hydrogen-bond acceptors (Lipinski definition) is 4. The molecule has 0 saturated heterocycles. The van der Waals surface area contributed by atoms with Crippen molar-refractivity contribution in [2.45, 2.75) is 91.4 Å². The van der Waals surface area contributed by atoms with Crippen LogP contribution in [0.15, 0.2) is 82.0 Å². The molecule has 0 unspecified atom stereocenters. The fourth-order valence-electron chi connectivity index (χ4n) is 7.17. The summed E-state index contributed by atoms with van der Waals surface area (Å²) in [4.78, 5) is 0. The van der Waals surface area contributed by atoms with Crippen LogP contribution in [0, 0.1) is 21.2 Å². The summed E-state index contributed by atoms with van der Waals surface area (Å²) in [5.41, 5.74) is -0.0912. The van der Waals surface area contributed by atoms with Gasteiger partial charge in [-0.25, -0.2) is 0 Å². The lowest BCUT2D eigenvalue weighted by Crippen LogP contribution is -2.54. The Morgan fingerprint density at radius 2 is 1.07 bits per heavy atom. The Labute approximate surface area is 236 Å². The molecule has 0 fully saturated rings. The molecule has 0 aromatic heterocycles. The lowest BCUT2D eigenvalue weighted by molar-refractivity contribution is -0.540. The summed E-state index contributed by atoms with van der Waals surface area (Å²) in [6.07, 6.45) is 15.8. The molecule has 0 saturated carbocycles. The molecule has 4 aliphatic carbocycles. The van der Waals surface area contributed by atoms with Crippen LogP contribution in [0.4, 0.5) is 0 Å². The number of allylic oxidation sites excluding steroid dienone is 10. The first kappa shape index (κ1) is 26.8. The highest BCUT2D eigenvalue weighted by Crippen LogP contribution is 2.67. The maximum atomic E-state index is 13.7. The molecule has 0 aromatic carbocycles. The smallest absolute Gasteiger partial charge is 0.317 e. The molecule has 0 amide bonds. The molecule has 40 heavy (non-hydrogen) atoms. The molecule has 0 N–H and O–H groups in total. The fourth-order valence-corrected chi connectivity index (χ4v) is 7.17. The van der Waals surface area contributed by atoms with E-state index in [4.69, 9.17) is 0 Å². The summed E-state index contributed by atoms with van der Waals surface area (Å²) >= 11 is 0. The highest BCUT2D eigenvalue weighted by Gasteiger charge is 2.65. The topological polar surface area (TPSA) is 98.4 Å². The fraction of sp³-hybridized carbons (Fsp3) is 0.500. The van der Waals surface area contributed by atoms with Gasteiger partial charge in [-0.15, -0.1) is 0 Å². The summed E-state index contributed by atoms with van der Waals surface area (Å²) in [5, 5.41) is 56.5. The van der Waals surface area contributed by atoms with E-state index in [2.05, 4.69) is 13.8 Å². The number of hydrogen-bond donors (Lipinski definition) is 0. The summed E-state index contributed by atoms with van der Waals surface area (Å²) in [6.45, 7) is 18.7. The zero-order valence-electron chi connectivity index (χ0n) is 25.0. The van der Waals surface area contributed by atoms with Crippen molar-refractivity contribution in [1.82, 2.24) is 10.1 Å². The van der Waals surface area contributed by atoms with Gasteiger partial charge in [0.25, 0.3) is 0 Å². The predicted octanol–water partition coefficient (Wildman–Crippen LogP) is 5.42. The minimum absolute atomic E-state index is 0.106. The Morgan fingerprint density at radius 3 is 1.60 bits per heavy atom. The minimum atomic E-state index is -0.942. The lowest BCUT2D eigenvalue weighted by Gasteiger charge is -2.56. The van der Waals surface area contributed by atoms with Crippen molar-refractivity contribution < 1.29 is 19.9 Å². The van der Waals surface area contributed by atoms with Crippen LogP contribution in [0.1, 0.15) is 69.2 Å². The van der Waals surface area contributed by atoms with Crippen molar-refractivity contribution in [3.8, 4) is 0 Å². The predicted molar refractivity (Wildman–Crippen MR) is 152 cm³/mol. The van der Waals surface area contributed by atoms with Gasteiger partial charge in [-0.05, 0) is 89.8 Å². The van der Waals surface area contributed by atoms with E-state index in [1.165, 1.54) is 0 Å². The van der Waals surface area contributed by atoms with Gasteiger partial charge in [0.15, 0.2) is 11.1 Å². The monoisotopic (exact) mass is 542 g/mol. The third kappa shape index (κ3) is 2.56. The first-order chi connectivity index (χ1) is 18.3. The van der Waals surface area contributed by atoms with Crippen LogP contribution in [-0.2, 0) is 10.4 Å². The Morgan fingerprint density at radius 1 is 0.600 bits per heavy atom. The first-order valence-electron chi connectivity index (χ1n) is 13.9. The minimum Gasteiger partial charge on any atom is -0.714 e. The maximum absolute atomic E-state index is 13.7. The van der Waals surface area contributed by atoms with E-state index in [0.717, 1.165) is 41.9 Å². The standard InChI is InChI=1S/C32H38N4O4/c1-27(2)28(3,4)34(38)25(33(27)37)21-15-11-19-14-18-24-22(26-35(39)29(5,6)30(7,8)36(26)40)16-12-20-13-17-23(21)31(19,9)32(20,24)10/h11-18H,1-10H3/t31-,32+. The van der Waals surface area contributed by atoms with E-state index in [9.17, 15) is 20.8 Å². The highest BCUT2D eigenvalue weighted by molar-refractivity contribution is 6.03. The van der Waals surface area contributed by atoms with Crippen LogP contribution in [0.3, 0.4) is 0 Å². The number of hydroxylamine groups is 6. The van der Waals surface area contributed by atoms with Crippen LogP contribution in [-0.4, -0.2) is 53.4 Å². The van der Waals surface area contributed by atoms with Crippen molar-refractivity contribution in [2.24, 2.45) is 10.8 Å². The van der Waals surface area contributed by atoms with Crippen molar-refractivity contribution in [2.75, 3.05) is 0 Å². The van der Waals surface area contributed by atoms with Gasteiger partial charge in [-0.1, -0.05) is 60.4 Å². The molecule has 2 atom stereocenters. The molecule has 2 heterocycles. The van der Waals surface area contributed by atoms with Crippen molar-refractivity contribution in [3.63, 3.8) is 0 Å². The van der Waals surface area contributed by atoms with E-state index in [1.807, 2.05) is 48.6 Å². The molecule has 2 radical (unpaired) electrons. The number of nitrogens with zero attached hydrogens (tertiary/aromatic N) is 4. The third-order valence-corrected chi connectivity index (χ3v) is 11.8. The molecule has 8 nitrogen and oxygen atoms in total. The lowest BCUT2D eigenvalue weighted by atomic mass is 9.45. The van der Waals surface area contributed by atoms with Gasteiger partial charge in [-0.2, -0.15) is 0 Å². The molecule has 2 aliphatic heterocycles. The summed E-state index contributed by atoms with van der Waals surface area (Å²) in [7, 11) is 0. The Balaban J connectivity index is 1.59. The molecular formula is C32H38N4O4. The van der Waals surface area contributed by atoms with Crippen LogP contribution in [0.5, 0.6) is 0 Å². The third-order valence-electron chi connectivity index (χ3n) is 11.8. The Bertz CT molecular complexity index is 1570. The van der Waals surface area contributed by atoms with Crippen molar-refractivity contribution in [3.05, 3.63) is 92.5 Å². The van der Waals surface area contributed by atoms with E-state index in [0.29, 0.717) is 11.1 Å². The van der Waals surface area contributed by atoms with E-state index < -0.39 is 33.0 Å². The Kier molecular flexibility index (Phi) is 4.89. The molecule has 0 bridgehead atoms. The number of rotatable bonds is 2. The quantitative estimate of drug-likeness (QED) is 0.344. The molecular weight excluding hydrogens is 504 g/mol. The SMILES string of the molecule is CC1(C)N([O])C(C2=CC=C3C=CC4=C(C5=[N+]([O-])C(C)(C)C(C)(C)N5[O])C=CC5=CC=C2[C@]3(C)[C@@]54C)=[N+]([O-])C1(C)C. The van der Waals surface area contributed by atoms with Gasteiger partial charge < -0.3 is 10.4 Å². The van der Waals surface area contributed by atoms with Gasteiger partial charge in [0.2, 0.25) is 0 Å². The van der Waals surface area contributed by atoms with Crippen LogP contribution < -0.4 is 0 Å². The summed E-state index contributed by atoms with van der Waals surface area (Å²) in [5.74, 6) is 0.213. The largest absolute Gasteiger partial charge is 0.714 e. The van der Waals surface area contributed by atoms with Gasteiger partial charge in [0.1, 0.15) is 11.1 Å². The second kappa shape index (κ2) is 7.28. The summed E-state index contributed by atoms with van der Waals surface area (Å²) < 4.78 is 1.72. The van der Waals surface area contributed by atoms with E-state index in [1.54, 1.807) is 55.4 Å². The maximum Gasteiger partial charge on any atom is 0.317 e. The van der Waals surface area contributed by atoms with Crippen LogP contribution in [0.2, 0.25) is 0 Å². The zero-order chi connectivity index (χ0) is 29.6. The summed E-state index contributed by atoms with van der Waals surface area (Å²) in [6, 6.07) is 0. The van der Waals surface area contributed by atoms with Crippen LogP contribution in [0.25, 0.3) is 0 Å². The average Bonchev–Trinajstić information content (AvgIpc) is 3.06. The molecule has 0 spiro atoms. The highest BCUT2D eigenvalue weighted by atomic mass is 16.5. The first-order valence-corrected chi connectivity index (χ1v) is 13.9. The van der Waals surface area contributed by atoms with Gasteiger partial charge in [0, 0.05) is 21.2 Å². The van der Waals surface area contributed by atoms with Crippen molar-refractivity contribution in [1.29, 1.82) is 0 Å². The second-order valence-corrected chi connectivity index (χ2v) is 14.2. The molecule has 8 heteroatoms. The zero-order valence-corrected chi connectivity index (χ0v) is 25.0. The molecule has 0 aromatic rings. The van der Waals surface area contributed by atoms with Crippen LogP contribution >= 0.6 is 0 Å². The second-order valence-electron chi connectivity index (χ2n) is 14.2. The van der Waals surface area contributed by atoms with Gasteiger partial charge in [-0.3, -0.25) is 9.48 Å². The van der Waals surface area contributed by atoms with E-state index in [-0.39, 0.29) is 11.7 Å². The van der Waals surface area contributed by atoms with Gasteiger partial charge in [0.05, 0.1) is 11.1 Å². The van der Waals surface area contributed by atoms with E-state index >= 15 is 0 Å². The van der Waals surface area contributed by atoms with Crippen molar-refractivity contribution >= 4 is 11.7 Å². The average molecular weight is 543 g/mol. The van der Waals surface area contributed by atoms with Gasteiger partial charge >= 0.3 is 11.7 Å². The normalized spacial score (nSPS) is 34.2. The molecule has 210 valence electrons. The Hall–Kier alpha value is -3.36. The number of amidine groups is 2. The molecule has 6 aliphatic rings.